The molecule has 1 aromatic carbocycles. The first kappa shape index (κ1) is 13.6. The first-order chi connectivity index (χ1) is 8.73. The molecule has 0 aliphatic rings. The monoisotopic (exact) mass is 260 g/mol. The van der Waals surface area contributed by atoms with E-state index < -0.39 is 5.97 Å². The van der Waals surface area contributed by atoms with Crippen molar-refractivity contribution in [2.45, 2.75) is 46.1 Å². The lowest BCUT2D eigenvalue weighted by molar-refractivity contribution is 0.0699. The van der Waals surface area contributed by atoms with E-state index in [0.29, 0.717) is 5.52 Å². The number of rotatable bonds is 2. The van der Waals surface area contributed by atoms with Gasteiger partial charge in [0.15, 0.2) is 0 Å². The largest absolute Gasteiger partial charge is 0.478 e. The van der Waals surface area contributed by atoms with Crippen LogP contribution in [0.2, 0.25) is 0 Å². The van der Waals surface area contributed by atoms with Crippen LogP contribution in [-0.4, -0.2) is 20.6 Å². The molecule has 1 N–H and O–H groups in total. The van der Waals surface area contributed by atoms with Crippen LogP contribution in [0.25, 0.3) is 11.0 Å². The molecular weight excluding hydrogens is 240 g/mol. The zero-order chi connectivity index (χ0) is 14.4. The van der Waals surface area contributed by atoms with Gasteiger partial charge in [0.1, 0.15) is 11.3 Å². The number of carboxylic acid groups (broad SMARTS) is 1. The Hall–Kier alpha value is -1.84. The fourth-order valence-corrected chi connectivity index (χ4v) is 2.38. The fraction of sp³-hybridized carbons (Fsp3) is 0.467. The standard InChI is InChI=1S/C15H20N2O2/c1-9(2)13-16-12-10(14(18)19)7-6-8-11(12)17(13)15(3,4)5/h6-9H,1-5H3,(H,18,19). The lowest BCUT2D eigenvalue weighted by Crippen LogP contribution is -2.24. The fourth-order valence-electron chi connectivity index (χ4n) is 2.38. The summed E-state index contributed by atoms with van der Waals surface area (Å²) in [5.41, 5.74) is 1.60. The highest BCUT2D eigenvalue weighted by molar-refractivity contribution is 6.01. The second-order valence-electron chi connectivity index (χ2n) is 6.11. The third kappa shape index (κ3) is 2.23. The molecule has 102 valence electrons. The van der Waals surface area contributed by atoms with Crippen LogP contribution in [0.1, 0.15) is 56.7 Å². The summed E-state index contributed by atoms with van der Waals surface area (Å²) in [7, 11) is 0. The minimum absolute atomic E-state index is 0.133. The first-order valence-electron chi connectivity index (χ1n) is 6.48. The summed E-state index contributed by atoms with van der Waals surface area (Å²) in [6.45, 7) is 10.5. The van der Waals surface area contributed by atoms with E-state index in [1.807, 2.05) is 6.07 Å². The third-order valence-electron chi connectivity index (χ3n) is 3.13. The van der Waals surface area contributed by atoms with E-state index in [2.05, 4.69) is 44.2 Å². The van der Waals surface area contributed by atoms with Crippen molar-refractivity contribution in [3.63, 3.8) is 0 Å². The van der Waals surface area contributed by atoms with Crippen molar-refractivity contribution in [2.75, 3.05) is 0 Å². The van der Waals surface area contributed by atoms with Crippen LogP contribution in [0.3, 0.4) is 0 Å². The Morgan fingerprint density at radius 1 is 1.32 bits per heavy atom. The molecule has 0 aliphatic carbocycles. The van der Waals surface area contributed by atoms with Crippen LogP contribution in [0, 0.1) is 0 Å². The van der Waals surface area contributed by atoms with Crippen molar-refractivity contribution in [3.8, 4) is 0 Å². The number of carbonyl (C=O) groups is 1. The number of carboxylic acids is 1. The van der Waals surface area contributed by atoms with Gasteiger partial charge in [0.25, 0.3) is 0 Å². The lowest BCUT2D eigenvalue weighted by atomic mass is 10.1. The van der Waals surface area contributed by atoms with Gasteiger partial charge in [-0.2, -0.15) is 0 Å². The van der Waals surface area contributed by atoms with Crippen LogP contribution in [0.15, 0.2) is 18.2 Å². The van der Waals surface area contributed by atoms with Crippen LogP contribution in [0.5, 0.6) is 0 Å². The summed E-state index contributed by atoms with van der Waals surface area (Å²) in [5.74, 6) is 0.240. The number of hydrogen-bond acceptors (Lipinski definition) is 2. The molecule has 0 aliphatic heterocycles. The summed E-state index contributed by atoms with van der Waals surface area (Å²) >= 11 is 0. The van der Waals surface area contributed by atoms with E-state index in [0.717, 1.165) is 11.3 Å². The zero-order valence-corrected chi connectivity index (χ0v) is 12.1. The van der Waals surface area contributed by atoms with Crippen molar-refractivity contribution in [3.05, 3.63) is 29.6 Å². The molecular formula is C15H20N2O2. The highest BCUT2D eigenvalue weighted by Crippen LogP contribution is 2.30. The first-order valence-corrected chi connectivity index (χ1v) is 6.48. The van der Waals surface area contributed by atoms with Crippen molar-refractivity contribution in [1.29, 1.82) is 0 Å². The molecule has 2 rings (SSSR count). The Balaban J connectivity index is 2.89. The van der Waals surface area contributed by atoms with Crippen LogP contribution in [-0.2, 0) is 5.54 Å². The molecule has 0 atom stereocenters. The number of nitrogens with zero attached hydrogens (tertiary/aromatic N) is 2. The molecule has 2 aromatic rings. The van der Waals surface area contributed by atoms with Crippen molar-refractivity contribution in [2.24, 2.45) is 0 Å². The van der Waals surface area contributed by atoms with Gasteiger partial charge < -0.3 is 9.67 Å². The average Bonchev–Trinajstić information content (AvgIpc) is 2.66. The predicted octanol–water partition coefficient (Wildman–Crippen LogP) is 3.61. The molecule has 4 heteroatoms. The molecule has 0 bridgehead atoms. The number of fused-ring (bicyclic) bond motifs is 1. The Kier molecular flexibility index (Phi) is 3.12. The van der Waals surface area contributed by atoms with E-state index in [-0.39, 0.29) is 17.0 Å². The van der Waals surface area contributed by atoms with Gasteiger partial charge >= 0.3 is 5.97 Å². The molecule has 0 radical (unpaired) electrons. The van der Waals surface area contributed by atoms with Gasteiger partial charge in [0.05, 0.1) is 11.1 Å². The minimum Gasteiger partial charge on any atom is -0.478 e. The molecule has 1 heterocycles. The molecule has 0 amide bonds. The van der Waals surface area contributed by atoms with E-state index in [9.17, 15) is 9.90 Å². The smallest absolute Gasteiger partial charge is 0.337 e. The van der Waals surface area contributed by atoms with Gasteiger partial charge in [-0.25, -0.2) is 9.78 Å². The summed E-state index contributed by atoms with van der Waals surface area (Å²) in [6, 6.07) is 5.32. The van der Waals surface area contributed by atoms with Crippen molar-refractivity contribution in [1.82, 2.24) is 9.55 Å². The van der Waals surface area contributed by atoms with E-state index >= 15 is 0 Å². The second-order valence-corrected chi connectivity index (χ2v) is 6.11. The number of imidazole rings is 1. The molecule has 0 saturated carbocycles. The van der Waals surface area contributed by atoms with E-state index in [4.69, 9.17) is 0 Å². The summed E-state index contributed by atoms with van der Waals surface area (Å²) in [4.78, 5) is 15.9. The SMILES string of the molecule is CC(C)c1nc2c(C(=O)O)cccc2n1C(C)(C)C. The Bertz CT molecular complexity index is 633. The van der Waals surface area contributed by atoms with Gasteiger partial charge in [-0.3, -0.25) is 0 Å². The van der Waals surface area contributed by atoms with Crippen LogP contribution in [0.4, 0.5) is 0 Å². The molecule has 1 aromatic heterocycles. The molecule has 19 heavy (non-hydrogen) atoms. The number of aromatic nitrogens is 2. The Morgan fingerprint density at radius 3 is 2.42 bits per heavy atom. The molecule has 4 nitrogen and oxygen atoms in total. The summed E-state index contributed by atoms with van der Waals surface area (Å²) in [6.07, 6.45) is 0. The Labute approximate surface area is 113 Å². The van der Waals surface area contributed by atoms with Gasteiger partial charge in [0.2, 0.25) is 0 Å². The predicted molar refractivity (Wildman–Crippen MR) is 75.8 cm³/mol. The minimum atomic E-state index is -0.931. The number of benzene rings is 1. The van der Waals surface area contributed by atoms with Crippen molar-refractivity contribution >= 4 is 17.0 Å². The number of aromatic carboxylic acids is 1. The number of hydrogen-bond donors (Lipinski definition) is 1. The lowest BCUT2D eigenvalue weighted by Gasteiger charge is -2.25. The van der Waals surface area contributed by atoms with Gasteiger partial charge in [0, 0.05) is 11.5 Å². The molecule has 0 unspecified atom stereocenters. The van der Waals surface area contributed by atoms with Gasteiger partial charge in [-0.05, 0) is 32.9 Å². The maximum atomic E-state index is 11.3. The second kappa shape index (κ2) is 4.37. The van der Waals surface area contributed by atoms with Crippen LogP contribution < -0.4 is 0 Å². The summed E-state index contributed by atoms with van der Waals surface area (Å²) < 4.78 is 2.14. The highest BCUT2D eigenvalue weighted by atomic mass is 16.4. The zero-order valence-electron chi connectivity index (χ0n) is 12.1. The Morgan fingerprint density at radius 2 is 1.95 bits per heavy atom. The highest BCUT2D eigenvalue weighted by Gasteiger charge is 2.25. The maximum absolute atomic E-state index is 11.3. The molecule has 0 fully saturated rings. The quantitative estimate of drug-likeness (QED) is 0.897. The van der Waals surface area contributed by atoms with E-state index in [1.165, 1.54) is 0 Å². The third-order valence-corrected chi connectivity index (χ3v) is 3.13. The number of para-hydroxylation sites is 1. The van der Waals surface area contributed by atoms with E-state index in [1.54, 1.807) is 12.1 Å². The molecule has 0 saturated heterocycles. The van der Waals surface area contributed by atoms with Crippen LogP contribution >= 0.6 is 0 Å². The average molecular weight is 260 g/mol. The van der Waals surface area contributed by atoms with Crippen molar-refractivity contribution < 1.29 is 9.90 Å². The van der Waals surface area contributed by atoms with Gasteiger partial charge in [-0.1, -0.05) is 19.9 Å². The molecule has 0 spiro atoms. The maximum Gasteiger partial charge on any atom is 0.337 e. The van der Waals surface area contributed by atoms with Gasteiger partial charge in [-0.15, -0.1) is 0 Å². The topological polar surface area (TPSA) is 55.1 Å². The summed E-state index contributed by atoms with van der Waals surface area (Å²) in [5, 5.41) is 9.28. The normalized spacial score (nSPS) is 12.3.